The normalized spacial score (nSPS) is 13.0. The quantitative estimate of drug-likeness (QED) is 0.586. The van der Waals surface area contributed by atoms with Gasteiger partial charge in [-0.05, 0) is 48.6 Å². The largest absolute Gasteiger partial charge is 0.493 e. The third-order valence-corrected chi connectivity index (χ3v) is 4.71. The highest BCUT2D eigenvalue weighted by molar-refractivity contribution is 7.81. The lowest BCUT2D eigenvalue weighted by Crippen LogP contribution is -2.06. The zero-order chi connectivity index (χ0) is 19.4. The lowest BCUT2D eigenvalue weighted by Gasteiger charge is -2.11. The van der Waals surface area contributed by atoms with Crippen LogP contribution in [0.15, 0.2) is 57.9 Å². The van der Waals surface area contributed by atoms with Crippen LogP contribution in [0.5, 0.6) is 5.75 Å². The molecule has 4 rings (SSSR count). The van der Waals surface area contributed by atoms with Crippen molar-refractivity contribution in [1.82, 2.24) is 0 Å². The molecule has 0 aliphatic heterocycles. The first kappa shape index (κ1) is 19.4. The minimum atomic E-state index is -0.0405. The molecule has 3 aromatic rings. The molecule has 0 amide bonds. The summed E-state index contributed by atoms with van der Waals surface area (Å²) in [4.78, 5) is 12.8. The SMILES string of the molecule is CC.CN(S)c1ccc2c(=O)c(-c3ccc(OCC4CC4)cc3)coc2c1. The van der Waals surface area contributed by atoms with Gasteiger partial charge in [0.15, 0.2) is 5.43 Å². The summed E-state index contributed by atoms with van der Waals surface area (Å²) in [6.07, 6.45) is 4.05. The fraction of sp³-hybridized carbons (Fsp3) is 0.318. The zero-order valence-corrected chi connectivity index (χ0v) is 16.8. The number of ether oxygens (including phenoxy) is 1. The molecular weight excluding hydrogens is 358 g/mol. The number of hydrogen-bond acceptors (Lipinski definition) is 5. The van der Waals surface area contributed by atoms with Crippen LogP contribution < -0.4 is 14.5 Å². The van der Waals surface area contributed by atoms with Crippen LogP contribution in [-0.4, -0.2) is 13.7 Å². The van der Waals surface area contributed by atoms with E-state index in [1.807, 2.05) is 57.3 Å². The van der Waals surface area contributed by atoms with Crippen LogP contribution in [-0.2, 0) is 0 Å². The first-order valence-corrected chi connectivity index (χ1v) is 9.73. The average Bonchev–Trinajstić information content (AvgIpc) is 3.53. The molecule has 0 N–H and O–H groups in total. The van der Waals surface area contributed by atoms with E-state index in [9.17, 15) is 4.79 Å². The molecule has 0 atom stereocenters. The summed E-state index contributed by atoms with van der Waals surface area (Å²) in [5, 5.41) is 0.561. The van der Waals surface area contributed by atoms with E-state index in [4.69, 9.17) is 9.15 Å². The Hall–Kier alpha value is -2.40. The second kappa shape index (κ2) is 8.53. The summed E-state index contributed by atoms with van der Waals surface area (Å²) in [5.41, 5.74) is 2.75. The van der Waals surface area contributed by atoms with Crippen LogP contribution in [0.4, 0.5) is 5.69 Å². The van der Waals surface area contributed by atoms with Gasteiger partial charge in [-0.3, -0.25) is 4.79 Å². The van der Waals surface area contributed by atoms with E-state index >= 15 is 0 Å². The molecular formula is C22H25NO3S. The van der Waals surface area contributed by atoms with Crippen molar-refractivity contribution in [3.8, 4) is 16.9 Å². The molecule has 1 aliphatic carbocycles. The third kappa shape index (κ3) is 4.48. The summed E-state index contributed by atoms with van der Waals surface area (Å²) in [6.45, 7) is 4.78. The van der Waals surface area contributed by atoms with Crippen molar-refractivity contribution < 1.29 is 9.15 Å². The third-order valence-electron chi connectivity index (χ3n) is 4.48. The van der Waals surface area contributed by atoms with Gasteiger partial charge < -0.3 is 13.5 Å². The molecule has 0 radical (unpaired) electrons. The molecule has 1 heterocycles. The molecule has 27 heavy (non-hydrogen) atoms. The van der Waals surface area contributed by atoms with Gasteiger partial charge in [-0.15, -0.1) is 0 Å². The van der Waals surface area contributed by atoms with Crippen molar-refractivity contribution >= 4 is 29.5 Å². The number of benzene rings is 2. The number of hydrogen-bond donors (Lipinski definition) is 1. The van der Waals surface area contributed by atoms with Crippen molar-refractivity contribution in [3.05, 3.63) is 59.0 Å². The first-order chi connectivity index (χ1) is 13.1. The molecule has 1 fully saturated rings. The maximum absolute atomic E-state index is 12.8. The molecule has 0 saturated heterocycles. The van der Waals surface area contributed by atoms with Crippen molar-refractivity contribution in [2.75, 3.05) is 18.0 Å². The summed E-state index contributed by atoms with van der Waals surface area (Å²) >= 11 is 4.26. The molecule has 1 aliphatic rings. The van der Waals surface area contributed by atoms with Crippen molar-refractivity contribution in [2.45, 2.75) is 26.7 Å². The molecule has 1 aromatic heterocycles. The second-order valence-electron chi connectivity index (χ2n) is 6.46. The maximum atomic E-state index is 12.8. The van der Waals surface area contributed by atoms with Crippen LogP contribution in [0.25, 0.3) is 22.1 Å². The Bertz CT molecular complexity index is 959. The number of rotatable bonds is 5. The summed E-state index contributed by atoms with van der Waals surface area (Å²) in [5.74, 6) is 1.55. The summed E-state index contributed by atoms with van der Waals surface area (Å²) in [7, 11) is 1.82. The van der Waals surface area contributed by atoms with E-state index in [2.05, 4.69) is 12.8 Å². The van der Waals surface area contributed by atoms with Gasteiger partial charge in [0, 0.05) is 13.1 Å². The lowest BCUT2D eigenvalue weighted by atomic mass is 10.1. The molecule has 1 saturated carbocycles. The van der Waals surface area contributed by atoms with Gasteiger partial charge in [0.1, 0.15) is 17.6 Å². The Balaban J connectivity index is 0.00000102. The Kier molecular flexibility index (Phi) is 6.11. The highest BCUT2D eigenvalue weighted by Gasteiger charge is 2.21. The predicted octanol–water partition coefficient (Wildman–Crippen LogP) is 5.56. The van der Waals surface area contributed by atoms with Crippen molar-refractivity contribution in [3.63, 3.8) is 0 Å². The summed E-state index contributed by atoms with van der Waals surface area (Å²) in [6, 6.07) is 13.0. The summed E-state index contributed by atoms with van der Waals surface area (Å²) < 4.78 is 13.1. The van der Waals surface area contributed by atoms with Gasteiger partial charge in [-0.25, -0.2) is 0 Å². The van der Waals surface area contributed by atoms with E-state index < -0.39 is 0 Å². The standard InChI is InChI=1S/C20H19NO3S.C2H6/c1-21(25)15-6-9-17-19(10-15)24-12-18(20(17)22)14-4-7-16(8-5-14)23-11-13-2-3-13;1-2/h4-10,12-13,25H,2-3,11H2,1H3;1-2H3. The Morgan fingerprint density at radius 3 is 2.48 bits per heavy atom. The highest BCUT2D eigenvalue weighted by Crippen LogP contribution is 2.30. The van der Waals surface area contributed by atoms with Gasteiger partial charge in [0.05, 0.1) is 23.2 Å². The van der Waals surface area contributed by atoms with Gasteiger partial charge in [0.2, 0.25) is 0 Å². The maximum Gasteiger partial charge on any atom is 0.200 e. The number of fused-ring (bicyclic) bond motifs is 1. The second-order valence-corrected chi connectivity index (χ2v) is 7.06. The molecule has 5 heteroatoms. The van der Waals surface area contributed by atoms with Crippen LogP contribution >= 0.6 is 12.8 Å². The van der Waals surface area contributed by atoms with E-state index in [0.29, 0.717) is 22.5 Å². The average molecular weight is 384 g/mol. The monoisotopic (exact) mass is 383 g/mol. The van der Waals surface area contributed by atoms with E-state index in [1.54, 1.807) is 10.4 Å². The molecule has 2 aromatic carbocycles. The van der Waals surface area contributed by atoms with Crippen molar-refractivity contribution in [2.24, 2.45) is 5.92 Å². The Morgan fingerprint density at radius 2 is 1.85 bits per heavy atom. The topological polar surface area (TPSA) is 42.7 Å². The molecule has 0 unspecified atom stereocenters. The molecule has 0 spiro atoms. The fourth-order valence-corrected chi connectivity index (χ4v) is 2.87. The molecule has 0 bridgehead atoms. The minimum Gasteiger partial charge on any atom is -0.493 e. The van der Waals surface area contributed by atoms with Gasteiger partial charge in [-0.2, -0.15) is 0 Å². The van der Waals surface area contributed by atoms with Crippen LogP contribution in [0, 0.1) is 5.92 Å². The lowest BCUT2D eigenvalue weighted by molar-refractivity contribution is 0.300. The molecule has 4 nitrogen and oxygen atoms in total. The van der Waals surface area contributed by atoms with Crippen molar-refractivity contribution in [1.29, 1.82) is 0 Å². The van der Waals surface area contributed by atoms with Crippen LogP contribution in [0.3, 0.4) is 0 Å². The smallest absolute Gasteiger partial charge is 0.200 e. The highest BCUT2D eigenvalue weighted by atomic mass is 32.1. The van der Waals surface area contributed by atoms with E-state index in [-0.39, 0.29) is 5.43 Å². The Labute approximate surface area is 165 Å². The predicted molar refractivity (Wildman–Crippen MR) is 115 cm³/mol. The van der Waals surface area contributed by atoms with E-state index in [1.165, 1.54) is 19.1 Å². The molecule has 142 valence electrons. The van der Waals surface area contributed by atoms with Gasteiger partial charge >= 0.3 is 0 Å². The van der Waals surface area contributed by atoms with Crippen LogP contribution in [0.2, 0.25) is 0 Å². The minimum absolute atomic E-state index is 0.0405. The first-order valence-electron chi connectivity index (χ1n) is 9.33. The van der Waals surface area contributed by atoms with Gasteiger partial charge in [-0.1, -0.05) is 38.8 Å². The Morgan fingerprint density at radius 1 is 1.15 bits per heavy atom. The fourth-order valence-electron chi connectivity index (χ4n) is 2.75. The number of nitrogens with zero attached hydrogens (tertiary/aromatic N) is 1. The van der Waals surface area contributed by atoms with Gasteiger partial charge in [0.25, 0.3) is 0 Å². The van der Waals surface area contributed by atoms with Crippen LogP contribution in [0.1, 0.15) is 26.7 Å². The zero-order valence-electron chi connectivity index (χ0n) is 15.9. The number of anilines is 1. The number of thiol groups is 1. The van der Waals surface area contributed by atoms with E-state index in [0.717, 1.165) is 23.6 Å².